The Kier molecular flexibility index (Phi) is 22.6. The van der Waals surface area contributed by atoms with Crippen molar-refractivity contribution in [3.8, 4) is 17.2 Å². The normalized spacial score (nSPS) is 13.4. The first-order chi connectivity index (χ1) is 38.6. The Balaban J connectivity index is 0.000000184. The molecule has 4 heterocycles. The van der Waals surface area contributed by atoms with Gasteiger partial charge >= 0.3 is 0 Å². The van der Waals surface area contributed by atoms with Crippen LogP contribution in [0.2, 0.25) is 0 Å². The molecule has 0 saturated carbocycles. The number of likely N-dealkylation sites (tertiary alicyclic amines) is 1. The number of methoxy groups -OCH3 is 3. The fraction of sp³-hybridized carbons (Fsp3) is 0.323. The largest absolute Gasteiger partial charge is 0.496 e. The van der Waals surface area contributed by atoms with Crippen molar-refractivity contribution in [3.63, 3.8) is 0 Å². The van der Waals surface area contributed by atoms with Crippen molar-refractivity contribution in [1.29, 1.82) is 0 Å². The van der Waals surface area contributed by atoms with E-state index in [0.717, 1.165) is 122 Å². The van der Waals surface area contributed by atoms with E-state index in [2.05, 4.69) is 66.4 Å². The fourth-order valence-corrected chi connectivity index (χ4v) is 10.1. The molecule has 9 rings (SSSR count). The number of carbonyl (C=O) groups excluding carboxylic acids is 6. The van der Waals surface area contributed by atoms with Crippen LogP contribution in [0.3, 0.4) is 0 Å². The molecular formula is C62H75N9O9. The van der Waals surface area contributed by atoms with E-state index in [0.29, 0.717) is 46.6 Å². The van der Waals surface area contributed by atoms with Crippen LogP contribution in [-0.2, 0) is 38.4 Å². The molecule has 2 aliphatic rings. The Morgan fingerprint density at radius 1 is 0.588 bits per heavy atom. The number of amides is 5. The summed E-state index contributed by atoms with van der Waals surface area (Å²) in [5.74, 6) is 1.06. The third-order valence-corrected chi connectivity index (χ3v) is 14.0. The van der Waals surface area contributed by atoms with Gasteiger partial charge in [-0.2, -0.15) is 0 Å². The topological polar surface area (TPSA) is 243 Å². The lowest BCUT2D eigenvalue weighted by Gasteiger charge is -2.33. The van der Waals surface area contributed by atoms with Gasteiger partial charge in [0.15, 0.2) is 0 Å². The van der Waals surface area contributed by atoms with Gasteiger partial charge in [0.1, 0.15) is 23.5 Å². The highest BCUT2D eigenvalue weighted by Gasteiger charge is 2.23. The van der Waals surface area contributed by atoms with Gasteiger partial charge in [-0.3, -0.25) is 24.0 Å². The number of ether oxygens (including phenoxy) is 3. The van der Waals surface area contributed by atoms with E-state index < -0.39 is 5.91 Å². The van der Waals surface area contributed by atoms with Crippen LogP contribution in [-0.4, -0.2) is 104 Å². The van der Waals surface area contributed by atoms with Crippen molar-refractivity contribution in [1.82, 2.24) is 19.4 Å². The Morgan fingerprint density at radius 3 is 1.40 bits per heavy atom. The predicted molar refractivity (Wildman–Crippen MR) is 316 cm³/mol. The number of nitrogens with zero attached hydrogens (tertiary/aromatic N) is 3. The molecule has 0 atom stereocenters. The van der Waals surface area contributed by atoms with Crippen LogP contribution in [0, 0.1) is 0 Å². The van der Waals surface area contributed by atoms with Crippen LogP contribution in [0.25, 0.3) is 21.8 Å². The SMILES string of the molecule is C=CCc1c(NC(C)=O)cccc1OC.COc1cccc(NC(C)=O)c1CC=O.COc1cccc(NC(C)=O)c1CCN1CCC(n2ccc3ccc(C(N)=O)cc32)CC1.NC(=O)c1ccc2ccn(C3CCNCC3)c2c1. The molecule has 18 nitrogen and oxygen atoms in total. The highest BCUT2D eigenvalue weighted by molar-refractivity contribution is 5.98. The monoisotopic (exact) mass is 1090 g/mol. The summed E-state index contributed by atoms with van der Waals surface area (Å²) in [4.78, 5) is 69.3. The van der Waals surface area contributed by atoms with Gasteiger partial charge < -0.3 is 65.8 Å². The maximum Gasteiger partial charge on any atom is 0.248 e. The molecule has 2 fully saturated rings. The smallest absolute Gasteiger partial charge is 0.248 e. The second-order valence-electron chi connectivity index (χ2n) is 19.4. The average molecular weight is 1090 g/mol. The summed E-state index contributed by atoms with van der Waals surface area (Å²) in [6, 6.07) is 33.0. The first kappa shape index (κ1) is 60.5. The minimum atomic E-state index is -0.399. The van der Waals surface area contributed by atoms with E-state index in [1.165, 1.54) is 33.3 Å². The standard InChI is InChI=1S/C25H30N4O3.C14H17N3O.C12H15NO2.C11H13NO3/c1-17(30)27-22-4-3-5-24(32-2)21(22)11-14-28-12-9-20(10-13-28)29-15-8-18-6-7-19(25(26)31)16-23(18)29;15-14(18)11-2-1-10-5-8-17(13(10)9-11)12-3-6-16-7-4-12;1-4-6-10-11(13-9(2)14)7-5-8-12(10)15-3;1-8(14)12-10-4-3-5-11(15-2)9(10)6-7-13/h3-8,15-16,20H,9-14H2,1-2H3,(H2,26,31)(H,27,30);1-2,5,8-9,12,16H,3-4,6-7H2,(H2,15,18);4-5,7-8H,1,6H2,2-3H3,(H,13,14);3-5,7H,6H2,1-2H3,(H,12,14). The van der Waals surface area contributed by atoms with E-state index in [9.17, 15) is 28.8 Å². The molecule has 0 bridgehead atoms. The van der Waals surface area contributed by atoms with Crippen LogP contribution < -0.4 is 46.9 Å². The second-order valence-corrected chi connectivity index (χ2v) is 19.4. The van der Waals surface area contributed by atoms with Gasteiger partial charge in [0.2, 0.25) is 29.5 Å². The summed E-state index contributed by atoms with van der Waals surface area (Å²) in [6.07, 6.45) is 12.8. The summed E-state index contributed by atoms with van der Waals surface area (Å²) in [5, 5.41) is 14.0. The number of benzene rings is 5. The van der Waals surface area contributed by atoms with E-state index in [4.69, 9.17) is 25.7 Å². The molecule has 5 amide bonds. The van der Waals surface area contributed by atoms with Crippen molar-refractivity contribution in [2.45, 2.75) is 77.8 Å². The van der Waals surface area contributed by atoms with Crippen molar-refractivity contribution >= 4 is 74.7 Å². The highest BCUT2D eigenvalue weighted by Crippen LogP contribution is 2.32. The number of rotatable bonds is 17. The third kappa shape index (κ3) is 16.4. The molecule has 2 aliphatic heterocycles. The molecule has 422 valence electrons. The van der Waals surface area contributed by atoms with Crippen molar-refractivity contribution in [2.75, 3.05) is 70.0 Å². The lowest BCUT2D eigenvalue weighted by Crippen LogP contribution is -2.36. The highest BCUT2D eigenvalue weighted by atomic mass is 16.5. The van der Waals surface area contributed by atoms with Gasteiger partial charge in [-0.25, -0.2) is 0 Å². The number of allylic oxidation sites excluding steroid dienone is 1. The molecule has 7 aromatic rings. The van der Waals surface area contributed by atoms with Gasteiger partial charge in [-0.1, -0.05) is 36.4 Å². The molecule has 0 unspecified atom stereocenters. The number of piperidine rings is 2. The van der Waals surface area contributed by atoms with Crippen LogP contribution in [0.4, 0.5) is 17.1 Å². The zero-order valence-electron chi connectivity index (χ0n) is 46.6. The van der Waals surface area contributed by atoms with E-state index in [1.807, 2.05) is 60.7 Å². The van der Waals surface area contributed by atoms with Crippen molar-refractivity contribution in [3.05, 3.63) is 156 Å². The van der Waals surface area contributed by atoms with Crippen molar-refractivity contribution < 1.29 is 43.0 Å². The van der Waals surface area contributed by atoms with E-state index in [-0.39, 0.29) is 30.0 Å². The summed E-state index contributed by atoms with van der Waals surface area (Å²) in [5.41, 5.74) is 19.0. The Morgan fingerprint density at radius 2 is 1.00 bits per heavy atom. The number of aromatic nitrogens is 2. The molecule has 2 saturated heterocycles. The van der Waals surface area contributed by atoms with Gasteiger partial charge in [0.25, 0.3) is 0 Å². The lowest BCUT2D eigenvalue weighted by atomic mass is 10.0. The molecule has 80 heavy (non-hydrogen) atoms. The molecule has 8 N–H and O–H groups in total. The molecule has 2 aromatic heterocycles. The minimum Gasteiger partial charge on any atom is -0.496 e. The number of nitrogens with one attached hydrogen (secondary N) is 4. The predicted octanol–water partition coefficient (Wildman–Crippen LogP) is 9.03. The van der Waals surface area contributed by atoms with Gasteiger partial charge in [0.05, 0.1) is 21.3 Å². The Labute approximate surface area is 467 Å². The fourth-order valence-electron chi connectivity index (χ4n) is 10.1. The number of aldehydes is 1. The lowest BCUT2D eigenvalue weighted by molar-refractivity contribution is -0.115. The summed E-state index contributed by atoms with van der Waals surface area (Å²) in [6.45, 7) is 13.1. The van der Waals surface area contributed by atoms with Crippen LogP contribution in [0.15, 0.2) is 128 Å². The zero-order chi connectivity index (χ0) is 57.7. The average Bonchev–Trinajstić information content (AvgIpc) is 4.16. The number of nitrogens with two attached hydrogens (primary N) is 2. The van der Waals surface area contributed by atoms with Gasteiger partial charge in [0, 0.05) is 127 Å². The molecule has 0 spiro atoms. The Hall–Kier alpha value is -8.74. The van der Waals surface area contributed by atoms with E-state index in [1.54, 1.807) is 50.6 Å². The second kappa shape index (κ2) is 29.8. The number of anilines is 3. The third-order valence-electron chi connectivity index (χ3n) is 14.0. The summed E-state index contributed by atoms with van der Waals surface area (Å²) < 4.78 is 20.4. The van der Waals surface area contributed by atoms with Crippen LogP contribution >= 0.6 is 0 Å². The van der Waals surface area contributed by atoms with Crippen molar-refractivity contribution in [2.24, 2.45) is 11.5 Å². The molecule has 0 aliphatic carbocycles. The number of fused-ring (bicyclic) bond motifs is 2. The quantitative estimate of drug-likeness (QED) is 0.0371. The first-order valence-corrected chi connectivity index (χ1v) is 26.7. The molecular weight excluding hydrogens is 1010 g/mol. The maximum atomic E-state index is 11.6. The molecule has 0 radical (unpaired) electrons. The number of carbonyl (C=O) groups is 6. The Bertz CT molecular complexity index is 3200. The zero-order valence-corrected chi connectivity index (χ0v) is 46.6. The van der Waals surface area contributed by atoms with Crippen LogP contribution in [0.1, 0.15) is 95.9 Å². The van der Waals surface area contributed by atoms with Gasteiger partial charge in [-0.15, -0.1) is 6.58 Å². The molecule has 5 aromatic carbocycles. The first-order valence-electron chi connectivity index (χ1n) is 26.7. The summed E-state index contributed by atoms with van der Waals surface area (Å²) >= 11 is 0. The van der Waals surface area contributed by atoms with Crippen LogP contribution in [0.5, 0.6) is 17.2 Å². The number of hydrogen-bond donors (Lipinski definition) is 6. The molecule has 18 heteroatoms. The number of primary amides is 2. The maximum absolute atomic E-state index is 11.6. The van der Waals surface area contributed by atoms with E-state index >= 15 is 0 Å². The van der Waals surface area contributed by atoms with Gasteiger partial charge in [-0.05, 0) is 135 Å². The minimum absolute atomic E-state index is 0.0845. The number of hydrogen-bond acceptors (Lipinski definition) is 11. The summed E-state index contributed by atoms with van der Waals surface area (Å²) in [7, 11) is 4.80.